The Hall–Kier alpha value is -2.37. The summed E-state index contributed by atoms with van der Waals surface area (Å²) in [6.07, 6.45) is 0.499. The molecule has 6 heteroatoms. The van der Waals surface area contributed by atoms with Gasteiger partial charge in [0.25, 0.3) is 0 Å². The molecule has 6 nitrogen and oxygen atoms in total. The lowest BCUT2D eigenvalue weighted by Gasteiger charge is -2.22. The maximum atomic E-state index is 11.4. The van der Waals surface area contributed by atoms with Crippen LogP contribution >= 0.6 is 0 Å². The van der Waals surface area contributed by atoms with Gasteiger partial charge in [0.15, 0.2) is 0 Å². The molecule has 1 aromatic carbocycles. The molecule has 1 aliphatic heterocycles. The molecule has 1 aromatic heterocycles. The summed E-state index contributed by atoms with van der Waals surface area (Å²) >= 11 is 0. The van der Waals surface area contributed by atoms with Crippen molar-refractivity contribution in [2.75, 3.05) is 4.90 Å². The van der Waals surface area contributed by atoms with E-state index in [0.29, 0.717) is 24.7 Å². The summed E-state index contributed by atoms with van der Waals surface area (Å²) in [4.78, 5) is 13.2. The third-order valence-corrected chi connectivity index (χ3v) is 3.25. The summed E-state index contributed by atoms with van der Waals surface area (Å²) in [6.45, 7) is 2.03. The normalized spacial score (nSPS) is 17.5. The number of nitrogens with zero attached hydrogens (tertiary/aromatic N) is 3. The van der Waals surface area contributed by atoms with Crippen LogP contribution < -0.4 is 4.90 Å². The number of rotatable bonds is 3. The molecule has 98 valence electrons. The second kappa shape index (κ2) is 4.38. The molecule has 0 spiro atoms. The predicted molar refractivity (Wildman–Crippen MR) is 66.8 cm³/mol. The van der Waals surface area contributed by atoms with Crippen LogP contribution in [0.2, 0.25) is 0 Å². The fourth-order valence-corrected chi connectivity index (χ4v) is 2.41. The lowest BCUT2D eigenvalue weighted by atomic mass is 10.1. The number of aryl methyl sites for hydroxylation is 1. The summed E-state index contributed by atoms with van der Waals surface area (Å²) in [5, 5.41) is 17.0. The molecule has 0 bridgehead atoms. The molecule has 1 N–H and O–H groups in total. The van der Waals surface area contributed by atoms with Crippen LogP contribution in [-0.2, 0) is 17.8 Å². The van der Waals surface area contributed by atoms with Crippen LogP contribution in [-0.4, -0.2) is 27.3 Å². The number of anilines is 1. The van der Waals surface area contributed by atoms with Crippen LogP contribution in [0, 0.1) is 6.92 Å². The van der Waals surface area contributed by atoms with E-state index < -0.39 is 12.0 Å². The summed E-state index contributed by atoms with van der Waals surface area (Å²) in [7, 11) is 0. The topological polar surface area (TPSA) is 79.5 Å². The minimum Gasteiger partial charge on any atom is -0.480 e. The Kier molecular flexibility index (Phi) is 2.70. The number of fused-ring (bicyclic) bond motifs is 1. The molecule has 2 heterocycles. The molecule has 19 heavy (non-hydrogen) atoms. The van der Waals surface area contributed by atoms with Gasteiger partial charge in [0.1, 0.15) is 6.04 Å². The Morgan fingerprint density at radius 3 is 2.95 bits per heavy atom. The minimum atomic E-state index is -0.840. The Bertz CT molecular complexity index is 623. The Morgan fingerprint density at radius 2 is 2.26 bits per heavy atom. The molecule has 0 aliphatic carbocycles. The SMILES string of the molecule is Cc1nnc(CN2c3ccccc3CC2C(=O)O)o1. The second-order valence-corrected chi connectivity index (χ2v) is 4.53. The monoisotopic (exact) mass is 259 g/mol. The Morgan fingerprint density at radius 1 is 1.47 bits per heavy atom. The number of carboxylic acids is 1. The van der Waals surface area contributed by atoms with Crippen molar-refractivity contribution in [2.45, 2.75) is 25.9 Å². The molecule has 3 rings (SSSR count). The lowest BCUT2D eigenvalue weighted by molar-refractivity contribution is -0.138. The summed E-state index contributed by atoms with van der Waals surface area (Å²) < 4.78 is 5.33. The van der Waals surface area contributed by atoms with Gasteiger partial charge in [-0.1, -0.05) is 18.2 Å². The Balaban J connectivity index is 1.93. The highest BCUT2D eigenvalue weighted by Crippen LogP contribution is 2.33. The summed E-state index contributed by atoms with van der Waals surface area (Å²) in [5.74, 6) is 0.0715. The third-order valence-electron chi connectivity index (χ3n) is 3.25. The molecule has 0 saturated heterocycles. The van der Waals surface area contributed by atoms with Crippen LogP contribution in [0.4, 0.5) is 5.69 Å². The largest absolute Gasteiger partial charge is 0.480 e. The molecule has 2 aromatic rings. The van der Waals surface area contributed by atoms with Gasteiger partial charge in [-0.3, -0.25) is 0 Å². The van der Waals surface area contributed by atoms with Crippen molar-refractivity contribution < 1.29 is 14.3 Å². The number of carboxylic acid groups (broad SMARTS) is 1. The first kappa shape index (κ1) is 11.7. The van der Waals surface area contributed by atoms with Gasteiger partial charge >= 0.3 is 5.97 Å². The molecular formula is C13H13N3O3. The predicted octanol–water partition coefficient (Wildman–Crippen LogP) is 1.39. The van der Waals surface area contributed by atoms with Gasteiger partial charge in [-0.05, 0) is 11.6 Å². The highest BCUT2D eigenvalue weighted by molar-refractivity contribution is 5.82. The maximum absolute atomic E-state index is 11.4. The van der Waals surface area contributed by atoms with E-state index in [1.54, 1.807) is 11.8 Å². The molecule has 0 amide bonds. The van der Waals surface area contributed by atoms with Crippen molar-refractivity contribution in [1.29, 1.82) is 0 Å². The first-order valence-electron chi connectivity index (χ1n) is 6.01. The van der Waals surface area contributed by atoms with Crippen molar-refractivity contribution in [2.24, 2.45) is 0 Å². The number of para-hydroxylation sites is 1. The molecule has 0 fully saturated rings. The van der Waals surface area contributed by atoms with E-state index in [-0.39, 0.29) is 0 Å². The number of hydrogen-bond donors (Lipinski definition) is 1. The highest BCUT2D eigenvalue weighted by atomic mass is 16.4. The summed E-state index contributed by atoms with van der Waals surface area (Å²) in [6, 6.07) is 7.10. The molecule has 1 atom stereocenters. The quantitative estimate of drug-likeness (QED) is 0.897. The van der Waals surface area contributed by atoms with Gasteiger partial charge in [-0.25, -0.2) is 4.79 Å². The third kappa shape index (κ3) is 2.05. The van der Waals surface area contributed by atoms with Gasteiger partial charge < -0.3 is 14.4 Å². The Labute approximate surface area is 109 Å². The average molecular weight is 259 g/mol. The number of carbonyl (C=O) groups is 1. The molecule has 0 saturated carbocycles. The fourth-order valence-electron chi connectivity index (χ4n) is 2.41. The lowest BCUT2D eigenvalue weighted by Crippen LogP contribution is -2.38. The zero-order valence-electron chi connectivity index (χ0n) is 10.4. The van der Waals surface area contributed by atoms with E-state index in [4.69, 9.17) is 4.42 Å². The van der Waals surface area contributed by atoms with Crippen LogP contribution in [0.25, 0.3) is 0 Å². The first-order valence-corrected chi connectivity index (χ1v) is 6.01. The van der Waals surface area contributed by atoms with Crippen LogP contribution in [0.1, 0.15) is 17.3 Å². The number of hydrogen-bond acceptors (Lipinski definition) is 5. The zero-order chi connectivity index (χ0) is 13.4. The van der Waals surface area contributed by atoms with Gasteiger partial charge in [-0.2, -0.15) is 0 Å². The molecule has 1 aliphatic rings. The van der Waals surface area contributed by atoms with E-state index in [1.807, 2.05) is 24.3 Å². The smallest absolute Gasteiger partial charge is 0.326 e. The van der Waals surface area contributed by atoms with Gasteiger partial charge in [0.2, 0.25) is 11.8 Å². The average Bonchev–Trinajstić information content (AvgIpc) is 2.95. The molecule has 1 unspecified atom stereocenters. The van der Waals surface area contributed by atoms with Crippen LogP contribution in [0.5, 0.6) is 0 Å². The van der Waals surface area contributed by atoms with Crippen LogP contribution in [0.15, 0.2) is 28.7 Å². The van der Waals surface area contributed by atoms with Crippen molar-refractivity contribution >= 4 is 11.7 Å². The van der Waals surface area contributed by atoms with Crippen LogP contribution in [0.3, 0.4) is 0 Å². The van der Waals surface area contributed by atoms with Crippen molar-refractivity contribution in [3.63, 3.8) is 0 Å². The van der Waals surface area contributed by atoms with E-state index in [0.717, 1.165) is 11.3 Å². The highest BCUT2D eigenvalue weighted by Gasteiger charge is 2.34. The van der Waals surface area contributed by atoms with Crippen molar-refractivity contribution in [3.05, 3.63) is 41.6 Å². The number of aliphatic carboxylic acids is 1. The second-order valence-electron chi connectivity index (χ2n) is 4.53. The standard InChI is InChI=1S/C13H13N3O3/c1-8-14-15-12(19-8)7-16-10-5-3-2-4-9(10)6-11(16)13(17)18/h2-5,11H,6-7H2,1H3,(H,17,18). The first-order chi connectivity index (χ1) is 9.15. The van der Waals surface area contributed by atoms with E-state index >= 15 is 0 Å². The van der Waals surface area contributed by atoms with Gasteiger partial charge in [-0.15, -0.1) is 10.2 Å². The fraction of sp³-hybridized carbons (Fsp3) is 0.308. The molecular weight excluding hydrogens is 246 g/mol. The zero-order valence-corrected chi connectivity index (χ0v) is 10.4. The van der Waals surface area contributed by atoms with E-state index in [1.165, 1.54) is 0 Å². The van der Waals surface area contributed by atoms with Crippen molar-refractivity contribution in [1.82, 2.24) is 10.2 Å². The minimum absolute atomic E-state index is 0.314. The van der Waals surface area contributed by atoms with E-state index in [2.05, 4.69) is 10.2 Å². The number of aromatic nitrogens is 2. The number of benzene rings is 1. The maximum Gasteiger partial charge on any atom is 0.326 e. The van der Waals surface area contributed by atoms with E-state index in [9.17, 15) is 9.90 Å². The molecule has 0 radical (unpaired) electrons. The summed E-state index contributed by atoms with van der Waals surface area (Å²) in [5.41, 5.74) is 1.96. The van der Waals surface area contributed by atoms with Gasteiger partial charge in [0.05, 0.1) is 6.54 Å². The van der Waals surface area contributed by atoms with Crippen molar-refractivity contribution in [3.8, 4) is 0 Å². The van der Waals surface area contributed by atoms with Gasteiger partial charge in [0, 0.05) is 19.0 Å².